The van der Waals surface area contributed by atoms with Crippen LogP contribution in [0.1, 0.15) is 18.4 Å². The van der Waals surface area contributed by atoms with E-state index in [4.69, 9.17) is 4.74 Å². The van der Waals surface area contributed by atoms with Crippen LogP contribution in [-0.4, -0.2) is 68.9 Å². The normalized spacial score (nSPS) is 19.1. The van der Waals surface area contributed by atoms with E-state index in [1.54, 1.807) is 14.1 Å². The largest absolute Gasteiger partial charge is 0.396 e. The van der Waals surface area contributed by atoms with Crippen molar-refractivity contribution in [2.75, 3.05) is 47.0 Å². The number of aliphatic imine (C=N–C) groups is 1. The summed E-state index contributed by atoms with van der Waals surface area (Å²) in [5.74, 6) is 0.555. The quantitative estimate of drug-likeness (QED) is 0.254. The molecule has 0 bridgehead atoms. The summed E-state index contributed by atoms with van der Waals surface area (Å²) < 4.78 is 6.56. The van der Waals surface area contributed by atoms with Gasteiger partial charge in [0.25, 0.3) is 0 Å². The van der Waals surface area contributed by atoms with Gasteiger partial charge in [-0.05, 0) is 30.5 Å². The van der Waals surface area contributed by atoms with E-state index in [9.17, 15) is 9.90 Å². The molecule has 1 unspecified atom stereocenters. The van der Waals surface area contributed by atoms with Gasteiger partial charge in [0.05, 0.1) is 19.7 Å². The van der Waals surface area contributed by atoms with Crippen LogP contribution in [0.25, 0.3) is 0 Å². The van der Waals surface area contributed by atoms with Crippen LogP contribution in [0.5, 0.6) is 0 Å². The van der Waals surface area contributed by atoms with Crippen LogP contribution in [0.3, 0.4) is 0 Å². The van der Waals surface area contributed by atoms with Crippen LogP contribution in [0, 0.1) is 5.41 Å². The molecule has 2 rings (SSSR count). The van der Waals surface area contributed by atoms with Gasteiger partial charge >= 0.3 is 0 Å². The maximum atomic E-state index is 11.9. The van der Waals surface area contributed by atoms with E-state index in [1.165, 1.54) is 4.90 Å². The van der Waals surface area contributed by atoms with E-state index in [2.05, 4.69) is 31.6 Å². The minimum absolute atomic E-state index is 0. The molecule has 1 fully saturated rings. The second-order valence-corrected chi connectivity index (χ2v) is 7.98. The third-order valence-corrected chi connectivity index (χ3v) is 5.23. The zero-order valence-electron chi connectivity index (χ0n) is 16.4. The van der Waals surface area contributed by atoms with Gasteiger partial charge in [0.2, 0.25) is 5.91 Å². The fraction of sp³-hybridized carbons (Fsp3) is 0.579. The lowest BCUT2D eigenvalue weighted by atomic mass is 9.84. The Balaban J connectivity index is 0.00000392. The third-order valence-electron chi connectivity index (χ3n) is 4.70. The summed E-state index contributed by atoms with van der Waals surface area (Å²) in [4.78, 5) is 18.1. The van der Waals surface area contributed by atoms with E-state index >= 15 is 0 Å². The number of hydrogen-bond acceptors (Lipinski definition) is 4. The van der Waals surface area contributed by atoms with Gasteiger partial charge in [-0.2, -0.15) is 0 Å². The summed E-state index contributed by atoms with van der Waals surface area (Å²) >= 11 is 3.43. The number of hydrogen-bond donors (Lipinski definition) is 3. The van der Waals surface area contributed by atoms with Crippen LogP contribution in [0.2, 0.25) is 0 Å². The zero-order chi connectivity index (χ0) is 19.7. The Morgan fingerprint density at radius 1 is 1.32 bits per heavy atom. The molecule has 1 aromatic rings. The standard InChI is InChI=1S/C19H29BrN4O3.HI/c1-24(2)17(26)12-22-18(21-11-15-3-5-16(20)6-4-15)23-13-19(7-9-25)8-10-27-14-19;/h3-6,25H,7-14H2,1-2H3,(H2,21,22,23);1H. The Morgan fingerprint density at radius 2 is 2.04 bits per heavy atom. The van der Waals surface area contributed by atoms with Crippen molar-refractivity contribution >= 4 is 51.8 Å². The summed E-state index contributed by atoms with van der Waals surface area (Å²) in [7, 11) is 3.45. The first-order valence-electron chi connectivity index (χ1n) is 9.09. The van der Waals surface area contributed by atoms with E-state index < -0.39 is 0 Å². The van der Waals surface area contributed by atoms with Gasteiger partial charge in [-0.1, -0.05) is 28.1 Å². The molecule has 0 aliphatic carbocycles. The van der Waals surface area contributed by atoms with Crippen LogP contribution < -0.4 is 10.6 Å². The predicted octanol–water partition coefficient (Wildman–Crippen LogP) is 1.98. The maximum absolute atomic E-state index is 11.9. The highest BCUT2D eigenvalue weighted by Gasteiger charge is 2.34. The van der Waals surface area contributed by atoms with Crippen LogP contribution in [-0.2, 0) is 16.1 Å². The van der Waals surface area contributed by atoms with Crippen molar-refractivity contribution in [2.24, 2.45) is 10.4 Å². The lowest BCUT2D eigenvalue weighted by molar-refractivity contribution is -0.127. The van der Waals surface area contributed by atoms with Gasteiger partial charge in [-0.15, -0.1) is 24.0 Å². The molecule has 0 radical (unpaired) electrons. The first-order valence-corrected chi connectivity index (χ1v) is 9.89. The molecule has 1 atom stereocenters. The molecular weight excluding hydrogens is 539 g/mol. The summed E-state index contributed by atoms with van der Waals surface area (Å²) in [6.45, 7) is 2.76. The lowest BCUT2D eigenvalue weighted by Crippen LogP contribution is -2.47. The number of likely N-dealkylation sites (N-methyl/N-ethyl adjacent to an activating group) is 1. The number of amides is 1. The molecule has 3 N–H and O–H groups in total. The minimum atomic E-state index is -0.0969. The molecule has 9 heteroatoms. The van der Waals surface area contributed by atoms with Crippen molar-refractivity contribution in [3.63, 3.8) is 0 Å². The topological polar surface area (TPSA) is 86.2 Å². The fourth-order valence-electron chi connectivity index (χ4n) is 2.83. The molecule has 0 spiro atoms. The number of carbonyl (C=O) groups is 1. The number of halogens is 2. The Hall–Kier alpha value is -0.910. The summed E-state index contributed by atoms with van der Waals surface area (Å²) in [6.07, 6.45) is 1.58. The average molecular weight is 569 g/mol. The molecule has 1 aromatic carbocycles. The maximum Gasteiger partial charge on any atom is 0.241 e. The molecule has 28 heavy (non-hydrogen) atoms. The summed E-state index contributed by atoms with van der Waals surface area (Å²) in [5.41, 5.74) is 0.980. The predicted molar refractivity (Wildman–Crippen MR) is 125 cm³/mol. The molecule has 1 saturated heterocycles. The van der Waals surface area contributed by atoms with Crippen molar-refractivity contribution < 1.29 is 14.6 Å². The van der Waals surface area contributed by atoms with Crippen LogP contribution in [0.4, 0.5) is 0 Å². The summed E-state index contributed by atoms with van der Waals surface area (Å²) in [6, 6.07) is 7.97. The second kappa shape index (κ2) is 12.6. The molecule has 1 aliphatic heterocycles. The van der Waals surface area contributed by atoms with E-state index in [-0.39, 0.29) is 48.5 Å². The van der Waals surface area contributed by atoms with Crippen LogP contribution >= 0.6 is 39.9 Å². The van der Waals surface area contributed by atoms with Gasteiger partial charge in [-0.3, -0.25) is 4.79 Å². The van der Waals surface area contributed by atoms with E-state index in [0.717, 1.165) is 16.5 Å². The molecule has 0 saturated carbocycles. The molecule has 1 amide bonds. The number of aliphatic hydroxyl groups excluding tert-OH is 1. The van der Waals surface area contributed by atoms with E-state index in [1.807, 2.05) is 24.3 Å². The van der Waals surface area contributed by atoms with Gasteiger partial charge < -0.3 is 25.4 Å². The molecule has 0 aromatic heterocycles. The highest BCUT2D eigenvalue weighted by Crippen LogP contribution is 2.31. The first kappa shape index (κ1) is 25.1. The molecule has 1 aliphatic rings. The molecule has 1 heterocycles. The fourth-order valence-corrected chi connectivity index (χ4v) is 3.10. The van der Waals surface area contributed by atoms with Crippen molar-refractivity contribution in [2.45, 2.75) is 19.4 Å². The van der Waals surface area contributed by atoms with Crippen LogP contribution in [0.15, 0.2) is 33.7 Å². The number of nitrogens with one attached hydrogen (secondary N) is 2. The van der Waals surface area contributed by atoms with Crippen molar-refractivity contribution in [3.8, 4) is 0 Å². The Morgan fingerprint density at radius 3 is 2.61 bits per heavy atom. The molecule has 7 nitrogen and oxygen atoms in total. The van der Waals surface area contributed by atoms with Gasteiger partial charge in [0, 0.05) is 43.7 Å². The number of guanidine groups is 1. The number of nitrogens with zero attached hydrogens (tertiary/aromatic N) is 2. The van der Waals surface area contributed by atoms with Gasteiger partial charge in [0.1, 0.15) is 0 Å². The number of benzene rings is 1. The number of ether oxygens (including phenoxy) is 1. The second-order valence-electron chi connectivity index (χ2n) is 7.06. The Kier molecular flexibility index (Phi) is 11.3. The number of aliphatic hydroxyl groups is 1. The minimum Gasteiger partial charge on any atom is -0.396 e. The number of carbonyl (C=O) groups excluding carboxylic acids is 1. The van der Waals surface area contributed by atoms with Crippen molar-refractivity contribution in [1.29, 1.82) is 0 Å². The van der Waals surface area contributed by atoms with Crippen molar-refractivity contribution in [1.82, 2.24) is 15.5 Å². The van der Waals surface area contributed by atoms with Crippen molar-refractivity contribution in [3.05, 3.63) is 34.3 Å². The SMILES string of the molecule is CN(C)C(=O)CNC(=NCc1ccc(Br)cc1)NCC1(CCO)CCOC1.I. The monoisotopic (exact) mass is 568 g/mol. The first-order chi connectivity index (χ1) is 12.9. The Labute approximate surface area is 192 Å². The molecular formula is C19H30BrIN4O3. The van der Waals surface area contributed by atoms with E-state index in [0.29, 0.717) is 38.7 Å². The zero-order valence-corrected chi connectivity index (χ0v) is 20.3. The van der Waals surface area contributed by atoms with Gasteiger partial charge in [0.15, 0.2) is 5.96 Å². The number of rotatable bonds is 8. The third kappa shape index (κ3) is 8.22. The highest BCUT2D eigenvalue weighted by atomic mass is 127. The smallest absolute Gasteiger partial charge is 0.241 e. The lowest BCUT2D eigenvalue weighted by Gasteiger charge is -2.28. The Bertz CT molecular complexity index is 635. The average Bonchev–Trinajstić information content (AvgIpc) is 3.11. The molecule has 158 valence electrons. The van der Waals surface area contributed by atoms with Gasteiger partial charge in [-0.25, -0.2) is 4.99 Å². The summed E-state index contributed by atoms with van der Waals surface area (Å²) in [5, 5.41) is 15.8. The highest BCUT2D eigenvalue weighted by molar-refractivity contribution is 14.0.